The molecular formula is C12H22O2. The second-order valence-electron chi connectivity index (χ2n) is 4.43. The largest absolute Gasteiger partial charge is 0.396 e. The van der Waals surface area contributed by atoms with E-state index in [0.29, 0.717) is 18.1 Å². The van der Waals surface area contributed by atoms with Crippen LogP contribution < -0.4 is 0 Å². The van der Waals surface area contributed by atoms with Crippen LogP contribution in [0.25, 0.3) is 0 Å². The maximum absolute atomic E-state index is 11.5. The molecule has 0 aromatic heterocycles. The summed E-state index contributed by atoms with van der Waals surface area (Å²) < 4.78 is 0. The molecule has 1 N–H and O–H groups in total. The van der Waals surface area contributed by atoms with Crippen LogP contribution in [0.5, 0.6) is 0 Å². The van der Waals surface area contributed by atoms with Gasteiger partial charge in [0.25, 0.3) is 0 Å². The lowest BCUT2D eigenvalue weighted by Gasteiger charge is -2.20. The van der Waals surface area contributed by atoms with Crippen LogP contribution in [0.4, 0.5) is 0 Å². The van der Waals surface area contributed by atoms with Crippen molar-refractivity contribution in [3.8, 4) is 0 Å². The third kappa shape index (κ3) is 4.75. The smallest absolute Gasteiger partial charge is 0.133 e. The summed E-state index contributed by atoms with van der Waals surface area (Å²) in [7, 11) is 0. The Hall–Kier alpha value is -0.370. The summed E-state index contributed by atoms with van der Waals surface area (Å²) >= 11 is 0. The number of hydrogen-bond donors (Lipinski definition) is 1. The first-order chi connectivity index (χ1) is 6.83. The SMILES string of the molecule is O=C(CCCCO)CC1CCCCC1. The van der Waals surface area contributed by atoms with Gasteiger partial charge in [-0.05, 0) is 18.8 Å². The molecule has 1 saturated carbocycles. The van der Waals surface area contributed by atoms with E-state index in [1.54, 1.807) is 0 Å². The van der Waals surface area contributed by atoms with Crippen molar-refractivity contribution in [3.63, 3.8) is 0 Å². The van der Waals surface area contributed by atoms with Gasteiger partial charge >= 0.3 is 0 Å². The highest BCUT2D eigenvalue weighted by Gasteiger charge is 2.16. The molecule has 0 saturated heterocycles. The van der Waals surface area contributed by atoms with Gasteiger partial charge in [0, 0.05) is 19.4 Å². The molecule has 2 heteroatoms. The van der Waals surface area contributed by atoms with Gasteiger partial charge in [-0.3, -0.25) is 4.79 Å². The zero-order valence-electron chi connectivity index (χ0n) is 9.00. The fraction of sp³-hybridized carbons (Fsp3) is 0.917. The summed E-state index contributed by atoms with van der Waals surface area (Å²) in [6, 6.07) is 0. The minimum absolute atomic E-state index is 0.219. The van der Waals surface area contributed by atoms with E-state index in [4.69, 9.17) is 5.11 Å². The zero-order chi connectivity index (χ0) is 10.2. The first kappa shape index (κ1) is 11.7. The van der Waals surface area contributed by atoms with Crippen molar-refractivity contribution in [3.05, 3.63) is 0 Å². The Morgan fingerprint density at radius 3 is 2.50 bits per heavy atom. The lowest BCUT2D eigenvalue weighted by molar-refractivity contribution is -0.120. The first-order valence-electron chi connectivity index (χ1n) is 5.95. The highest BCUT2D eigenvalue weighted by molar-refractivity contribution is 5.78. The molecule has 0 aliphatic heterocycles. The number of carbonyl (C=O) groups excluding carboxylic acids is 1. The monoisotopic (exact) mass is 198 g/mol. The van der Waals surface area contributed by atoms with E-state index < -0.39 is 0 Å². The number of aliphatic hydroxyl groups excluding tert-OH is 1. The molecule has 1 aliphatic carbocycles. The van der Waals surface area contributed by atoms with Gasteiger partial charge in [0.2, 0.25) is 0 Å². The van der Waals surface area contributed by atoms with Crippen molar-refractivity contribution in [2.24, 2.45) is 5.92 Å². The molecule has 0 atom stereocenters. The molecular weight excluding hydrogens is 176 g/mol. The Labute approximate surface area is 86.7 Å². The molecule has 1 fully saturated rings. The van der Waals surface area contributed by atoms with Crippen LogP contribution in [-0.2, 0) is 4.79 Å². The number of Topliss-reactive ketones (excluding diaryl/α,β-unsaturated/α-hetero) is 1. The third-order valence-corrected chi connectivity index (χ3v) is 3.10. The van der Waals surface area contributed by atoms with E-state index in [1.807, 2.05) is 0 Å². The topological polar surface area (TPSA) is 37.3 Å². The molecule has 0 aromatic rings. The van der Waals surface area contributed by atoms with Gasteiger partial charge in [0.15, 0.2) is 0 Å². The number of aliphatic hydroxyl groups is 1. The van der Waals surface area contributed by atoms with Crippen LogP contribution in [0.1, 0.15) is 57.8 Å². The number of hydrogen-bond acceptors (Lipinski definition) is 2. The van der Waals surface area contributed by atoms with Crippen molar-refractivity contribution >= 4 is 5.78 Å². The van der Waals surface area contributed by atoms with Crippen LogP contribution in [0.15, 0.2) is 0 Å². The standard InChI is InChI=1S/C12H22O2/c13-9-5-4-8-12(14)10-11-6-2-1-3-7-11/h11,13H,1-10H2. The maximum Gasteiger partial charge on any atom is 0.133 e. The second-order valence-corrected chi connectivity index (χ2v) is 4.43. The quantitative estimate of drug-likeness (QED) is 0.666. The minimum atomic E-state index is 0.219. The predicted molar refractivity (Wildman–Crippen MR) is 57.1 cm³/mol. The van der Waals surface area contributed by atoms with E-state index in [9.17, 15) is 4.79 Å². The van der Waals surface area contributed by atoms with Gasteiger partial charge in [-0.25, -0.2) is 0 Å². The van der Waals surface area contributed by atoms with Gasteiger partial charge in [0.05, 0.1) is 0 Å². The third-order valence-electron chi connectivity index (χ3n) is 3.10. The molecule has 0 spiro atoms. The highest BCUT2D eigenvalue weighted by Crippen LogP contribution is 2.26. The summed E-state index contributed by atoms with van der Waals surface area (Å²) in [6.07, 6.45) is 9.61. The molecule has 1 rings (SSSR count). The van der Waals surface area contributed by atoms with Crippen molar-refractivity contribution in [2.45, 2.75) is 57.8 Å². The van der Waals surface area contributed by atoms with E-state index in [2.05, 4.69) is 0 Å². The van der Waals surface area contributed by atoms with Gasteiger partial charge in [-0.2, -0.15) is 0 Å². The van der Waals surface area contributed by atoms with Crippen LogP contribution in [0, 0.1) is 5.92 Å². The second kappa shape index (κ2) is 6.99. The van der Waals surface area contributed by atoms with Gasteiger partial charge in [-0.15, -0.1) is 0 Å². The molecule has 0 bridgehead atoms. The van der Waals surface area contributed by atoms with Gasteiger partial charge in [-0.1, -0.05) is 32.1 Å². The summed E-state index contributed by atoms with van der Waals surface area (Å²) in [4.78, 5) is 11.5. The van der Waals surface area contributed by atoms with E-state index in [0.717, 1.165) is 19.3 Å². The normalized spacial score (nSPS) is 18.4. The summed E-state index contributed by atoms with van der Waals surface area (Å²) in [5.41, 5.74) is 0. The first-order valence-corrected chi connectivity index (χ1v) is 5.95. The molecule has 0 aromatic carbocycles. The average Bonchev–Trinajstić information content (AvgIpc) is 2.20. The summed E-state index contributed by atoms with van der Waals surface area (Å²) in [5, 5.41) is 8.59. The summed E-state index contributed by atoms with van der Waals surface area (Å²) in [5.74, 6) is 1.08. The average molecular weight is 198 g/mol. The van der Waals surface area contributed by atoms with Gasteiger partial charge < -0.3 is 5.11 Å². The maximum atomic E-state index is 11.5. The Morgan fingerprint density at radius 1 is 1.14 bits per heavy atom. The molecule has 82 valence electrons. The van der Waals surface area contributed by atoms with Crippen molar-refractivity contribution in [2.75, 3.05) is 6.61 Å². The van der Waals surface area contributed by atoms with E-state index in [1.165, 1.54) is 32.1 Å². The molecule has 0 radical (unpaired) electrons. The van der Waals surface area contributed by atoms with Crippen molar-refractivity contribution < 1.29 is 9.90 Å². The van der Waals surface area contributed by atoms with Crippen molar-refractivity contribution in [1.29, 1.82) is 0 Å². The van der Waals surface area contributed by atoms with Crippen molar-refractivity contribution in [1.82, 2.24) is 0 Å². The minimum Gasteiger partial charge on any atom is -0.396 e. The molecule has 0 amide bonds. The van der Waals surface area contributed by atoms with E-state index in [-0.39, 0.29) is 6.61 Å². The van der Waals surface area contributed by atoms with E-state index >= 15 is 0 Å². The fourth-order valence-corrected chi connectivity index (χ4v) is 2.25. The lowest BCUT2D eigenvalue weighted by atomic mass is 9.85. The zero-order valence-corrected chi connectivity index (χ0v) is 9.00. The lowest BCUT2D eigenvalue weighted by Crippen LogP contribution is -2.11. The Bertz CT molecular complexity index is 160. The number of ketones is 1. The Balaban J connectivity index is 2.06. The highest BCUT2D eigenvalue weighted by atomic mass is 16.2. The molecule has 0 heterocycles. The molecule has 2 nitrogen and oxygen atoms in total. The Morgan fingerprint density at radius 2 is 1.86 bits per heavy atom. The Kier molecular flexibility index (Phi) is 5.85. The molecule has 0 unspecified atom stereocenters. The number of unbranched alkanes of at least 4 members (excludes halogenated alkanes) is 1. The molecule has 14 heavy (non-hydrogen) atoms. The fourth-order valence-electron chi connectivity index (χ4n) is 2.25. The number of carbonyl (C=O) groups is 1. The summed E-state index contributed by atoms with van der Waals surface area (Å²) in [6.45, 7) is 0.219. The van der Waals surface area contributed by atoms with Crippen LogP contribution in [0.2, 0.25) is 0 Å². The van der Waals surface area contributed by atoms with Gasteiger partial charge in [0.1, 0.15) is 5.78 Å². The number of rotatable bonds is 6. The van der Waals surface area contributed by atoms with Crippen LogP contribution >= 0.6 is 0 Å². The molecule has 1 aliphatic rings. The predicted octanol–water partition coefficient (Wildman–Crippen LogP) is 2.69. The van der Waals surface area contributed by atoms with Crippen LogP contribution in [-0.4, -0.2) is 17.5 Å². The van der Waals surface area contributed by atoms with Crippen LogP contribution in [0.3, 0.4) is 0 Å².